The number of benzene rings is 1. The Labute approximate surface area is 106 Å². The van der Waals surface area contributed by atoms with Crippen molar-refractivity contribution >= 4 is 0 Å². The van der Waals surface area contributed by atoms with Gasteiger partial charge in [-0.1, -0.05) is 62.4 Å². The van der Waals surface area contributed by atoms with Gasteiger partial charge in [-0.3, -0.25) is 0 Å². The molecule has 1 fully saturated rings. The SMILES string of the molecule is c1ccc(CNCCCC2CCCCC2)cc1. The Morgan fingerprint density at radius 1 is 1.00 bits per heavy atom. The van der Waals surface area contributed by atoms with E-state index in [4.69, 9.17) is 0 Å². The van der Waals surface area contributed by atoms with Crippen molar-refractivity contribution in [1.82, 2.24) is 5.32 Å². The van der Waals surface area contributed by atoms with E-state index in [2.05, 4.69) is 35.6 Å². The van der Waals surface area contributed by atoms with Gasteiger partial charge in [0.15, 0.2) is 0 Å². The molecule has 1 aliphatic carbocycles. The van der Waals surface area contributed by atoms with E-state index in [-0.39, 0.29) is 0 Å². The average Bonchev–Trinajstić information content (AvgIpc) is 2.41. The van der Waals surface area contributed by atoms with Crippen LogP contribution in [0.15, 0.2) is 30.3 Å². The van der Waals surface area contributed by atoms with Gasteiger partial charge in [0.2, 0.25) is 0 Å². The molecule has 2 rings (SSSR count). The first-order valence-corrected chi connectivity index (χ1v) is 7.20. The third-order valence-corrected chi connectivity index (χ3v) is 3.86. The Morgan fingerprint density at radius 3 is 2.53 bits per heavy atom. The number of nitrogens with one attached hydrogen (secondary N) is 1. The topological polar surface area (TPSA) is 12.0 Å². The maximum absolute atomic E-state index is 3.54. The molecule has 1 aromatic carbocycles. The molecule has 17 heavy (non-hydrogen) atoms. The van der Waals surface area contributed by atoms with Gasteiger partial charge in [-0.05, 0) is 30.9 Å². The van der Waals surface area contributed by atoms with Crippen molar-refractivity contribution in [2.45, 2.75) is 51.5 Å². The van der Waals surface area contributed by atoms with Crippen molar-refractivity contribution in [2.24, 2.45) is 5.92 Å². The first-order valence-electron chi connectivity index (χ1n) is 7.20. The highest BCUT2D eigenvalue weighted by Gasteiger charge is 2.12. The smallest absolute Gasteiger partial charge is 0.0205 e. The van der Waals surface area contributed by atoms with Gasteiger partial charge >= 0.3 is 0 Å². The second kappa shape index (κ2) is 7.50. The maximum atomic E-state index is 3.54. The molecule has 0 unspecified atom stereocenters. The Bertz CT molecular complexity index is 288. The zero-order chi connectivity index (χ0) is 11.8. The molecule has 0 aliphatic heterocycles. The summed E-state index contributed by atoms with van der Waals surface area (Å²) >= 11 is 0. The first kappa shape index (κ1) is 12.6. The largest absolute Gasteiger partial charge is 0.313 e. The summed E-state index contributed by atoms with van der Waals surface area (Å²) in [6.45, 7) is 2.19. The van der Waals surface area contributed by atoms with Crippen molar-refractivity contribution in [3.8, 4) is 0 Å². The van der Waals surface area contributed by atoms with Crippen molar-refractivity contribution in [2.75, 3.05) is 6.54 Å². The second-order valence-electron chi connectivity index (χ2n) is 5.31. The van der Waals surface area contributed by atoms with E-state index in [1.54, 1.807) is 0 Å². The van der Waals surface area contributed by atoms with Gasteiger partial charge in [0.1, 0.15) is 0 Å². The summed E-state index contributed by atoms with van der Waals surface area (Å²) in [5.74, 6) is 1.03. The Balaban J connectivity index is 1.51. The maximum Gasteiger partial charge on any atom is 0.0205 e. The molecule has 1 heteroatoms. The Morgan fingerprint density at radius 2 is 1.76 bits per heavy atom. The summed E-state index contributed by atoms with van der Waals surface area (Å²) in [7, 11) is 0. The standard InChI is InChI=1S/C16H25N/c1-3-8-15(9-4-1)12-7-13-17-14-16-10-5-2-6-11-16/h2,5-6,10-11,15,17H,1,3-4,7-9,12-14H2. The fourth-order valence-electron chi connectivity index (χ4n) is 2.82. The van der Waals surface area contributed by atoms with Gasteiger partial charge in [0.05, 0.1) is 0 Å². The van der Waals surface area contributed by atoms with Gasteiger partial charge in [0, 0.05) is 6.54 Å². The van der Waals surface area contributed by atoms with Crippen LogP contribution in [0.2, 0.25) is 0 Å². The van der Waals surface area contributed by atoms with Crippen LogP contribution >= 0.6 is 0 Å². The van der Waals surface area contributed by atoms with Gasteiger partial charge in [0.25, 0.3) is 0 Å². The monoisotopic (exact) mass is 231 g/mol. The molecule has 0 bridgehead atoms. The fourth-order valence-corrected chi connectivity index (χ4v) is 2.82. The molecule has 94 valence electrons. The molecule has 1 nitrogen and oxygen atoms in total. The minimum Gasteiger partial charge on any atom is -0.313 e. The van der Waals surface area contributed by atoms with Crippen molar-refractivity contribution in [1.29, 1.82) is 0 Å². The van der Waals surface area contributed by atoms with Gasteiger partial charge in [-0.25, -0.2) is 0 Å². The third-order valence-electron chi connectivity index (χ3n) is 3.86. The predicted octanol–water partition coefficient (Wildman–Crippen LogP) is 4.14. The minimum absolute atomic E-state index is 1.02. The molecule has 0 saturated heterocycles. The highest BCUT2D eigenvalue weighted by atomic mass is 14.8. The quantitative estimate of drug-likeness (QED) is 0.726. The number of rotatable bonds is 6. The van der Waals surface area contributed by atoms with Crippen LogP contribution in [-0.2, 0) is 6.54 Å². The van der Waals surface area contributed by atoms with E-state index in [0.717, 1.165) is 12.5 Å². The van der Waals surface area contributed by atoms with Crippen LogP contribution in [0.4, 0.5) is 0 Å². The molecule has 0 spiro atoms. The molecule has 1 saturated carbocycles. The zero-order valence-corrected chi connectivity index (χ0v) is 10.8. The van der Waals surface area contributed by atoms with E-state index >= 15 is 0 Å². The highest BCUT2D eigenvalue weighted by Crippen LogP contribution is 2.26. The lowest BCUT2D eigenvalue weighted by molar-refractivity contribution is 0.330. The van der Waals surface area contributed by atoms with Crippen molar-refractivity contribution < 1.29 is 0 Å². The average molecular weight is 231 g/mol. The van der Waals surface area contributed by atoms with E-state index in [0.29, 0.717) is 0 Å². The summed E-state index contributed by atoms with van der Waals surface area (Å²) in [6, 6.07) is 10.7. The number of hydrogen-bond donors (Lipinski definition) is 1. The van der Waals surface area contributed by atoms with Crippen LogP contribution in [0.3, 0.4) is 0 Å². The molecule has 0 radical (unpaired) electrons. The second-order valence-corrected chi connectivity index (χ2v) is 5.31. The molecule has 0 amide bonds. The summed E-state index contributed by atoms with van der Waals surface area (Å²) in [4.78, 5) is 0. The van der Waals surface area contributed by atoms with Crippen LogP contribution in [0, 0.1) is 5.92 Å². The molecule has 1 aromatic rings. The first-order chi connectivity index (χ1) is 8.45. The van der Waals surface area contributed by atoms with Crippen molar-refractivity contribution in [3.63, 3.8) is 0 Å². The molecule has 0 aromatic heterocycles. The fraction of sp³-hybridized carbons (Fsp3) is 0.625. The van der Waals surface area contributed by atoms with Crippen molar-refractivity contribution in [3.05, 3.63) is 35.9 Å². The van der Waals surface area contributed by atoms with Crippen LogP contribution in [0.1, 0.15) is 50.5 Å². The summed E-state index contributed by atoms with van der Waals surface area (Å²) in [5, 5.41) is 3.54. The lowest BCUT2D eigenvalue weighted by atomic mass is 9.86. The molecule has 0 atom stereocenters. The molecule has 0 heterocycles. The minimum atomic E-state index is 1.02. The van der Waals surface area contributed by atoms with E-state index in [9.17, 15) is 0 Å². The zero-order valence-electron chi connectivity index (χ0n) is 10.8. The molecule has 1 N–H and O–H groups in total. The summed E-state index contributed by atoms with van der Waals surface area (Å²) < 4.78 is 0. The lowest BCUT2D eigenvalue weighted by Crippen LogP contribution is -2.16. The van der Waals surface area contributed by atoms with Crippen LogP contribution in [-0.4, -0.2) is 6.54 Å². The van der Waals surface area contributed by atoms with E-state index < -0.39 is 0 Å². The van der Waals surface area contributed by atoms with Crippen LogP contribution in [0.25, 0.3) is 0 Å². The lowest BCUT2D eigenvalue weighted by Gasteiger charge is -2.21. The summed E-state index contributed by atoms with van der Waals surface area (Å²) in [5.41, 5.74) is 1.39. The van der Waals surface area contributed by atoms with Gasteiger partial charge in [-0.15, -0.1) is 0 Å². The third kappa shape index (κ3) is 4.91. The molecular weight excluding hydrogens is 206 g/mol. The van der Waals surface area contributed by atoms with Gasteiger partial charge < -0.3 is 5.32 Å². The van der Waals surface area contributed by atoms with E-state index in [1.807, 2.05) is 0 Å². The van der Waals surface area contributed by atoms with Gasteiger partial charge in [-0.2, -0.15) is 0 Å². The molecule has 1 aliphatic rings. The predicted molar refractivity (Wildman–Crippen MR) is 74.0 cm³/mol. The van der Waals surface area contributed by atoms with Crippen LogP contribution in [0.5, 0.6) is 0 Å². The van der Waals surface area contributed by atoms with E-state index in [1.165, 1.54) is 57.1 Å². The summed E-state index contributed by atoms with van der Waals surface area (Å²) in [6.07, 6.45) is 10.2. The molecular formula is C16H25N. The Hall–Kier alpha value is -0.820. The highest BCUT2D eigenvalue weighted by molar-refractivity contribution is 5.14. The van der Waals surface area contributed by atoms with Crippen LogP contribution < -0.4 is 5.32 Å². The number of hydrogen-bond acceptors (Lipinski definition) is 1. The normalized spacial score (nSPS) is 17.2. The Kier molecular flexibility index (Phi) is 5.57.